The van der Waals surface area contributed by atoms with Gasteiger partial charge in [0.15, 0.2) is 0 Å². The van der Waals surface area contributed by atoms with E-state index in [0.717, 1.165) is 25.4 Å². The summed E-state index contributed by atoms with van der Waals surface area (Å²) in [6, 6.07) is 0. The number of hydrogen-bond acceptors (Lipinski definition) is 2. The highest BCUT2D eigenvalue weighted by Crippen LogP contribution is 2.15. The van der Waals surface area contributed by atoms with Crippen LogP contribution in [0.2, 0.25) is 0 Å². The number of hydrogen-bond donors (Lipinski definition) is 1. The predicted molar refractivity (Wildman–Crippen MR) is 53.5 cm³/mol. The van der Waals surface area contributed by atoms with Crippen LogP contribution in [0.3, 0.4) is 0 Å². The molecule has 0 aromatic rings. The van der Waals surface area contributed by atoms with Gasteiger partial charge in [-0.25, -0.2) is 0 Å². The van der Waals surface area contributed by atoms with Crippen molar-refractivity contribution < 1.29 is 4.79 Å². The van der Waals surface area contributed by atoms with Crippen molar-refractivity contribution in [2.75, 3.05) is 27.2 Å². The Morgan fingerprint density at radius 1 is 1.54 bits per heavy atom. The lowest BCUT2D eigenvalue weighted by atomic mass is 9.94. The topological polar surface area (TPSA) is 32.3 Å². The molecule has 1 N–H and O–H groups in total. The van der Waals surface area contributed by atoms with Crippen molar-refractivity contribution >= 4 is 5.91 Å². The van der Waals surface area contributed by atoms with Crippen LogP contribution in [-0.4, -0.2) is 38.0 Å². The monoisotopic (exact) mass is 184 g/mol. The van der Waals surface area contributed by atoms with Crippen molar-refractivity contribution in [1.82, 2.24) is 10.2 Å². The van der Waals surface area contributed by atoms with E-state index >= 15 is 0 Å². The Morgan fingerprint density at radius 2 is 2.31 bits per heavy atom. The summed E-state index contributed by atoms with van der Waals surface area (Å²) in [5.41, 5.74) is 0. The molecule has 0 aromatic heterocycles. The third-order valence-electron chi connectivity index (χ3n) is 2.66. The van der Waals surface area contributed by atoms with Crippen LogP contribution in [0.4, 0.5) is 0 Å². The number of carbonyl (C=O) groups excluding carboxylic acids is 1. The molecule has 1 amide bonds. The molecule has 3 nitrogen and oxygen atoms in total. The molecule has 76 valence electrons. The molecule has 1 heterocycles. The number of rotatable bonds is 3. The van der Waals surface area contributed by atoms with Crippen LogP contribution in [0.1, 0.15) is 25.7 Å². The zero-order valence-corrected chi connectivity index (χ0v) is 8.68. The first kappa shape index (κ1) is 10.5. The maximum atomic E-state index is 11.3. The van der Waals surface area contributed by atoms with E-state index < -0.39 is 0 Å². The largest absolute Gasteiger partial charge is 0.349 e. The van der Waals surface area contributed by atoms with Crippen molar-refractivity contribution in [2.45, 2.75) is 25.7 Å². The molecular formula is C10H20N2O. The summed E-state index contributed by atoms with van der Waals surface area (Å²) in [7, 11) is 3.64. The third kappa shape index (κ3) is 3.77. The molecule has 1 aliphatic heterocycles. The van der Waals surface area contributed by atoms with E-state index in [4.69, 9.17) is 0 Å². The van der Waals surface area contributed by atoms with Gasteiger partial charge in [-0.15, -0.1) is 0 Å². The van der Waals surface area contributed by atoms with Crippen LogP contribution < -0.4 is 5.32 Å². The number of nitrogens with zero attached hydrogens (tertiary/aromatic N) is 1. The van der Waals surface area contributed by atoms with Gasteiger partial charge in [-0.3, -0.25) is 4.79 Å². The van der Waals surface area contributed by atoms with Crippen molar-refractivity contribution in [3.05, 3.63) is 0 Å². The third-order valence-corrected chi connectivity index (χ3v) is 2.66. The van der Waals surface area contributed by atoms with Crippen molar-refractivity contribution in [1.29, 1.82) is 0 Å². The van der Waals surface area contributed by atoms with E-state index in [2.05, 4.69) is 5.32 Å². The quantitative estimate of drug-likeness (QED) is 0.705. The molecule has 1 fully saturated rings. The lowest BCUT2D eigenvalue weighted by Crippen LogP contribution is -2.31. The van der Waals surface area contributed by atoms with Gasteiger partial charge in [-0.1, -0.05) is 0 Å². The number of carbonyl (C=O) groups is 1. The summed E-state index contributed by atoms with van der Waals surface area (Å²) in [6.07, 6.45) is 4.30. The van der Waals surface area contributed by atoms with Gasteiger partial charge in [0.05, 0.1) is 0 Å². The van der Waals surface area contributed by atoms with Crippen LogP contribution in [0.5, 0.6) is 0 Å². The second-order valence-corrected chi connectivity index (χ2v) is 4.04. The maximum Gasteiger partial charge on any atom is 0.222 e. The summed E-state index contributed by atoms with van der Waals surface area (Å²) < 4.78 is 0. The summed E-state index contributed by atoms with van der Waals surface area (Å²) in [5.74, 6) is 0.975. The minimum Gasteiger partial charge on any atom is -0.349 e. The second-order valence-electron chi connectivity index (χ2n) is 4.04. The Labute approximate surface area is 80.5 Å². The van der Waals surface area contributed by atoms with Gasteiger partial charge in [0.25, 0.3) is 0 Å². The number of amides is 1. The Hall–Kier alpha value is -0.570. The molecule has 1 saturated heterocycles. The van der Waals surface area contributed by atoms with Gasteiger partial charge in [0, 0.05) is 20.5 Å². The smallest absolute Gasteiger partial charge is 0.222 e. The molecule has 0 radical (unpaired) electrons. The van der Waals surface area contributed by atoms with Crippen molar-refractivity contribution in [3.8, 4) is 0 Å². The van der Waals surface area contributed by atoms with E-state index in [0.29, 0.717) is 6.42 Å². The summed E-state index contributed by atoms with van der Waals surface area (Å²) in [4.78, 5) is 13.0. The Balaban J connectivity index is 2.13. The highest BCUT2D eigenvalue weighted by molar-refractivity contribution is 5.75. The highest BCUT2D eigenvalue weighted by Gasteiger charge is 2.14. The minimum atomic E-state index is 0.255. The lowest BCUT2D eigenvalue weighted by molar-refractivity contribution is -0.129. The van der Waals surface area contributed by atoms with Crippen LogP contribution in [-0.2, 0) is 4.79 Å². The molecule has 13 heavy (non-hydrogen) atoms. The average molecular weight is 184 g/mol. The summed E-state index contributed by atoms with van der Waals surface area (Å²) >= 11 is 0. The molecule has 0 aliphatic carbocycles. The molecule has 1 aliphatic rings. The number of piperidine rings is 1. The molecule has 0 bridgehead atoms. The predicted octanol–water partition coefficient (Wildman–Crippen LogP) is 0.854. The molecule has 0 unspecified atom stereocenters. The van der Waals surface area contributed by atoms with Gasteiger partial charge in [-0.2, -0.15) is 0 Å². The van der Waals surface area contributed by atoms with E-state index in [1.807, 2.05) is 14.1 Å². The average Bonchev–Trinajstić information content (AvgIpc) is 2.15. The Kier molecular flexibility index (Phi) is 4.22. The van der Waals surface area contributed by atoms with Gasteiger partial charge < -0.3 is 10.2 Å². The van der Waals surface area contributed by atoms with Crippen LogP contribution in [0.25, 0.3) is 0 Å². The molecule has 0 aromatic carbocycles. The van der Waals surface area contributed by atoms with Crippen molar-refractivity contribution in [3.63, 3.8) is 0 Å². The van der Waals surface area contributed by atoms with Crippen LogP contribution in [0, 0.1) is 5.92 Å². The fraction of sp³-hybridized carbons (Fsp3) is 0.900. The molecule has 1 rings (SSSR count). The maximum absolute atomic E-state index is 11.3. The SMILES string of the molecule is CN(C)C(=O)CC[C@H]1CCCNC1. The zero-order valence-electron chi connectivity index (χ0n) is 8.68. The second kappa shape index (κ2) is 5.22. The Morgan fingerprint density at radius 3 is 2.85 bits per heavy atom. The van der Waals surface area contributed by atoms with E-state index in [-0.39, 0.29) is 5.91 Å². The zero-order chi connectivity index (χ0) is 9.68. The first-order valence-electron chi connectivity index (χ1n) is 5.11. The molecule has 3 heteroatoms. The van der Waals surface area contributed by atoms with Gasteiger partial charge in [0.2, 0.25) is 5.91 Å². The number of nitrogens with one attached hydrogen (secondary N) is 1. The van der Waals surface area contributed by atoms with E-state index in [1.54, 1.807) is 4.90 Å². The van der Waals surface area contributed by atoms with Crippen molar-refractivity contribution in [2.24, 2.45) is 5.92 Å². The van der Waals surface area contributed by atoms with Gasteiger partial charge >= 0.3 is 0 Å². The summed E-state index contributed by atoms with van der Waals surface area (Å²) in [5, 5.41) is 3.36. The van der Waals surface area contributed by atoms with E-state index in [9.17, 15) is 4.79 Å². The van der Waals surface area contributed by atoms with Crippen LogP contribution >= 0.6 is 0 Å². The first-order valence-corrected chi connectivity index (χ1v) is 5.11. The standard InChI is InChI=1S/C10H20N2O/c1-12(2)10(13)6-5-9-4-3-7-11-8-9/h9,11H,3-8H2,1-2H3/t9-/m1/s1. The van der Waals surface area contributed by atoms with Gasteiger partial charge in [0.1, 0.15) is 0 Å². The van der Waals surface area contributed by atoms with Crippen LogP contribution in [0.15, 0.2) is 0 Å². The van der Waals surface area contributed by atoms with E-state index in [1.165, 1.54) is 12.8 Å². The Bertz CT molecular complexity index is 162. The lowest BCUT2D eigenvalue weighted by Gasteiger charge is -2.22. The molecule has 0 spiro atoms. The molecule has 0 saturated carbocycles. The molecular weight excluding hydrogens is 164 g/mol. The summed E-state index contributed by atoms with van der Waals surface area (Å²) in [6.45, 7) is 2.25. The first-order chi connectivity index (χ1) is 6.20. The fourth-order valence-electron chi connectivity index (χ4n) is 1.72. The molecule has 1 atom stereocenters. The fourth-order valence-corrected chi connectivity index (χ4v) is 1.72. The van der Waals surface area contributed by atoms with Gasteiger partial charge in [-0.05, 0) is 38.3 Å². The normalized spacial score (nSPS) is 22.8. The minimum absolute atomic E-state index is 0.255. The highest BCUT2D eigenvalue weighted by atomic mass is 16.2.